The second kappa shape index (κ2) is 10.8. The third kappa shape index (κ3) is 7.41. The molecule has 0 aliphatic heterocycles. The topological polar surface area (TPSA) is 58.9 Å². The van der Waals surface area contributed by atoms with Gasteiger partial charge in [-0.05, 0) is 24.3 Å². The van der Waals surface area contributed by atoms with Crippen molar-refractivity contribution in [3.63, 3.8) is 0 Å². The van der Waals surface area contributed by atoms with E-state index in [9.17, 15) is 0 Å². The van der Waals surface area contributed by atoms with E-state index in [4.69, 9.17) is 19.7 Å². The van der Waals surface area contributed by atoms with E-state index < -0.39 is 0 Å². The molecule has 0 aliphatic carbocycles. The monoisotopic (exact) mass is 276 g/mol. The fraction of sp³-hybridized carbons (Fsp3) is 0.250. The molecule has 0 aliphatic rings. The van der Waals surface area contributed by atoms with Gasteiger partial charge in [0.25, 0.3) is 0 Å². The van der Waals surface area contributed by atoms with Gasteiger partial charge in [0, 0.05) is 0 Å². The summed E-state index contributed by atoms with van der Waals surface area (Å²) in [5.74, 6) is 1.60. The molecule has 20 heavy (non-hydrogen) atoms. The fourth-order valence-corrected chi connectivity index (χ4v) is 1.36. The molecule has 0 heterocycles. The molecule has 0 radical (unpaired) electrons. The molecule has 108 valence electrons. The molecule has 2 aromatic carbocycles. The van der Waals surface area contributed by atoms with Crippen LogP contribution in [-0.4, -0.2) is 36.6 Å². The van der Waals surface area contributed by atoms with Crippen LogP contribution in [0.3, 0.4) is 0 Å². The van der Waals surface area contributed by atoms with Gasteiger partial charge >= 0.3 is 0 Å². The first kappa shape index (κ1) is 16.0. The van der Waals surface area contributed by atoms with Crippen LogP contribution in [0.15, 0.2) is 60.7 Å². The lowest BCUT2D eigenvalue weighted by Gasteiger charge is -2.01. The van der Waals surface area contributed by atoms with Gasteiger partial charge < -0.3 is 19.7 Å². The normalized spacial score (nSPS) is 9.30. The van der Waals surface area contributed by atoms with E-state index in [1.165, 1.54) is 0 Å². The van der Waals surface area contributed by atoms with Gasteiger partial charge in [0.15, 0.2) is 0 Å². The molecule has 0 spiro atoms. The van der Waals surface area contributed by atoms with Gasteiger partial charge in [-0.3, -0.25) is 0 Å². The summed E-state index contributed by atoms with van der Waals surface area (Å²) in [6.45, 7) is 0.859. The lowest BCUT2D eigenvalue weighted by atomic mass is 10.3. The highest BCUT2D eigenvalue weighted by molar-refractivity contribution is 5.21. The lowest BCUT2D eigenvalue weighted by molar-refractivity contribution is 0.201. The predicted octanol–water partition coefficient (Wildman–Crippen LogP) is 2.12. The van der Waals surface area contributed by atoms with Crippen molar-refractivity contribution in [2.24, 2.45) is 0 Å². The van der Waals surface area contributed by atoms with E-state index in [0.717, 1.165) is 11.5 Å². The smallest absolute Gasteiger partial charge is 0.119 e. The molecule has 0 saturated heterocycles. The minimum atomic E-state index is 0.0644. The van der Waals surface area contributed by atoms with Gasteiger partial charge in [-0.1, -0.05) is 36.4 Å². The van der Waals surface area contributed by atoms with Crippen LogP contribution in [0.1, 0.15) is 0 Å². The standard InChI is InChI=1S/2C8H10O2/c2*9-6-7-10-8-4-2-1-3-5-8/h2*1-5,9H,6-7H2. The maximum Gasteiger partial charge on any atom is 0.119 e. The fourth-order valence-electron chi connectivity index (χ4n) is 1.36. The van der Waals surface area contributed by atoms with Crippen LogP contribution >= 0.6 is 0 Å². The van der Waals surface area contributed by atoms with Gasteiger partial charge in [-0.2, -0.15) is 0 Å². The summed E-state index contributed by atoms with van der Waals surface area (Å²) in [7, 11) is 0. The van der Waals surface area contributed by atoms with Crippen LogP contribution in [0.5, 0.6) is 11.5 Å². The molecule has 0 fully saturated rings. The Kier molecular flexibility index (Phi) is 8.68. The maximum absolute atomic E-state index is 8.40. The molecule has 4 heteroatoms. The minimum absolute atomic E-state index is 0.0644. The summed E-state index contributed by atoms with van der Waals surface area (Å²) in [6.07, 6.45) is 0. The first-order valence-electron chi connectivity index (χ1n) is 6.44. The Labute approximate surface area is 119 Å². The molecular weight excluding hydrogens is 256 g/mol. The zero-order valence-electron chi connectivity index (χ0n) is 11.3. The lowest BCUT2D eigenvalue weighted by Crippen LogP contribution is -2.00. The first-order chi connectivity index (χ1) is 9.86. The SMILES string of the molecule is OCCOc1ccccc1.OCCOc1ccccc1. The van der Waals surface area contributed by atoms with Crippen LogP contribution in [-0.2, 0) is 0 Å². The quantitative estimate of drug-likeness (QED) is 0.848. The summed E-state index contributed by atoms with van der Waals surface area (Å²) in [5, 5.41) is 16.8. The van der Waals surface area contributed by atoms with Crippen LogP contribution in [0.2, 0.25) is 0 Å². The Morgan fingerprint density at radius 1 is 0.600 bits per heavy atom. The molecule has 0 unspecified atom stereocenters. The highest BCUT2D eigenvalue weighted by atomic mass is 16.5. The van der Waals surface area contributed by atoms with Crippen LogP contribution in [0.25, 0.3) is 0 Å². The average molecular weight is 276 g/mol. The number of aliphatic hydroxyl groups is 2. The first-order valence-corrected chi connectivity index (χ1v) is 6.44. The number of benzene rings is 2. The number of para-hydroxylation sites is 2. The molecule has 2 rings (SSSR count). The number of aliphatic hydroxyl groups excluding tert-OH is 2. The van der Waals surface area contributed by atoms with Crippen molar-refractivity contribution in [2.75, 3.05) is 26.4 Å². The molecular formula is C16H20O4. The van der Waals surface area contributed by atoms with Crippen molar-refractivity contribution < 1.29 is 19.7 Å². The Morgan fingerprint density at radius 3 is 1.25 bits per heavy atom. The van der Waals surface area contributed by atoms with Gasteiger partial charge in [0.1, 0.15) is 24.7 Å². The van der Waals surface area contributed by atoms with E-state index in [-0.39, 0.29) is 13.2 Å². The Balaban J connectivity index is 0.000000200. The summed E-state index contributed by atoms with van der Waals surface area (Å²) in [6, 6.07) is 18.9. The second-order valence-corrected chi connectivity index (χ2v) is 3.77. The Morgan fingerprint density at radius 2 is 0.950 bits per heavy atom. The second-order valence-electron chi connectivity index (χ2n) is 3.77. The van der Waals surface area contributed by atoms with E-state index in [2.05, 4.69) is 0 Å². The molecule has 2 N–H and O–H groups in total. The van der Waals surface area contributed by atoms with Crippen LogP contribution < -0.4 is 9.47 Å². The summed E-state index contributed by atoms with van der Waals surface area (Å²) in [5.41, 5.74) is 0. The highest BCUT2D eigenvalue weighted by Crippen LogP contribution is 2.07. The zero-order valence-corrected chi connectivity index (χ0v) is 11.3. The van der Waals surface area contributed by atoms with Crippen LogP contribution in [0, 0.1) is 0 Å². The third-order valence-corrected chi connectivity index (χ3v) is 2.21. The number of hydrogen-bond donors (Lipinski definition) is 2. The van der Waals surface area contributed by atoms with Crippen LogP contribution in [0.4, 0.5) is 0 Å². The zero-order chi connectivity index (χ0) is 14.5. The van der Waals surface area contributed by atoms with Crippen molar-refractivity contribution >= 4 is 0 Å². The van der Waals surface area contributed by atoms with E-state index in [1.54, 1.807) is 0 Å². The number of rotatable bonds is 6. The van der Waals surface area contributed by atoms with E-state index in [1.807, 2.05) is 60.7 Å². The van der Waals surface area contributed by atoms with Gasteiger partial charge in [0.2, 0.25) is 0 Å². The Bertz CT molecular complexity index is 387. The van der Waals surface area contributed by atoms with E-state index >= 15 is 0 Å². The van der Waals surface area contributed by atoms with Gasteiger partial charge in [-0.15, -0.1) is 0 Å². The van der Waals surface area contributed by atoms with Gasteiger partial charge in [0.05, 0.1) is 13.2 Å². The molecule has 0 atom stereocenters. The van der Waals surface area contributed by atoms with E-state index in [0.29, 0.717) is 13.2 Å². The number of hydrogen-bond acceptors (Lipinski definition) is 4. The molecule has 0 aromatic heterocycles. The van der Waals surface area contributed by atoms with Gasteiger partial charge in [-0.25, -0.2) is 0 Å². The maximum atomic E-state index is 8.40. The highest BCUT2D eigenvalue weighted by Gasteiger charge is 1.87. The number of ether oxygens (including phenoxy) is 2. The van der Waals surface area contributed by atoms with Crippen molar-refractivity contribution in [3.8, 4) is 11.5 Å². The molecule has 4 nitrogen and oxygen atoms in total. The molecule has 0 saturated carbocycles. The predicted molar refractivity (Wildman–Crippen MR) is 78.0 cm³/mol. The summed E-state index contributed by atoms with van der Waals surface area (Å²) < 4.78 is 10.2. The van der Waals surface area contributed by atoms with Crippen molar-refractivity contribution in [1.82, 2.24) is 0 Å². The molecule has 2 aromatic rings. The largest absolute Gasteiger partial charge is 0.491 e. The summed E-state index contributed by atoms with van der Waals surface area (Å²) >= 11 is 0. The minimum Gasteiger partial charge on any atom is -0.491 e. The Hall–Kier alpha value is -2.04. The average Bonchev–Trinajstić information content (AvgIpc) is 2.53. The van der Waals surface area contributed by atoms with Crippen molar-refractivity contribution in [3.05, 3.63) is 60.7 Å². The molecule has 0 amide bonds. The van der Waals surface area contributed by atoms with Crippen molar-refractivity contribution in [1.29, 1.82) is 0 Å². The third-order valence-electron chi connectivity index (χ3n) is 2.21. The summed E-state index contributed by atoms with van der Waals surface area (Å²) in [4.78, 5) is 0. The molecule has 0 bridgehead atoms. The van der Waals surface area contributed by atoms with Crippen molar-refractivity contribution in [2.45, 2.75) is 0 Å².